The molecule has 24 heavy (non-hydrogen) atoms. The number of phenols is 3. The number of anilines is 1. The monoisotopic (exact) mass is 329 g/mol. The lowest BCUT2D eigenvalue weighted by Crippen LogP contribution is -2.09. The molecule has 0 unspecified atom stereocenters. The first kappa shape index (κ1) is 15.2. The predicted molar refractivity (Wildman–Crippen MR) is 84.6 cm³/mol. The van der Waals surface area contributed by atoms with E-state index in [2.05, 4.69) is 5.32 Å². The number of aromatic hydroxyl groups is 3. The van der Waals surface area contributed by atoms with Crippen molar-refractivity contribution >= 4 is 22.7 Å². The molecule has 0 bridgehead atoms. The molecule has 1 amide bonds. The zero-order valence-electron chi connectivity index (χ0n) is 12.0. The van der Waals surface area contributed by atoms with E-state index in [0.717, 1.165) is 24.3 Å². The Bertz CT molecular complexity index is 1020. The number of carbonyl (C=O) groups is 1. The summed E-state index contributed by atoms with van der Waals surface area (Å²) in [5, 5.41) is 39.9. The summed E-state index contributed by atoms with van der Waals surface area (Å²) in [6.45, 7) is 0. The van der Waals surface area contributed by atoms with Crippen LogP contribution in [0.4, 0.5) is 10.5 Å². The van der Waals surface area contributed by atoms with E-state index in [9.17, 15) is 24.9 Å². The van der Waals surface area contributed by atoms with Gasteiger partial charge < -0.3 is 24.8 Å². The number of phenolic OH excluding ortho intramolecular Hbond substituents is 3. The van der Waals surface area contributed by atoms with Crippen LogP contribution >= 0.6 is 0 Å². The summed E-state index contributed by atoms with van der Waals surface area (Å²) in [4.78, 5) is 23.1. The van der Waals surface area contributed by atoms with Gasteiger partial charge in [0.1, 0.15) is 22.6 Å². The van der Waals surface area contributed by atoms with Crippen molar-refractivity contribution in [1.82, 2.24) is 0 Å². The summed E-state index contributed by atoms with van der Waals surface area (Å²) in [5.41, 5.74) is -0.678. The molecule has 2 aromatic carbocycles. The molecule has 3 aromatic rings. The molecule has 0 atom stereocenters. The fourth-order valence-electron chi connectivity index (χ4n) is 2.33. The first-order valence-corrected chi connectivity index (χ1v) is 6.69. The SMILES string of the molecule is O=C(O)Nc1cc(O)ccc1-c1cc(=O)c2c(O)ccc(O)c2o1. The van der Waals surface area contributed by atoms with Crippen molar-refractivity contribution in [2.24, 2.45) is 0 Å². The van der Waals surface area contributed by atoms with Gasteiger partial charge in [0.15, 0.2) is 16.8 Å². The van der Waals surface area contributed by atoms with Crippen molar-refractivity contribution in [3.05, 3.63) is 46.6 Å². The van der Waals surface area contributed by atoms with E-state index in [-0.39, 0.29) is 45.2 Å². The van der Waals surface area contributed by atoms with Crippen LogP contribution < -0.4 is 10.7 Å². The molecule has 5 N–H and O–H groups in total. The molecular weight excluding hydrogens is 318 g/mol. The number of rotatable bonds is 2. The van der Waals surface area contributed by atoms with Crippen LogP contribution in [-0.4, -0.2) is 26.5 Å². The Labute approximate surface area is 133 Å². The number of hydrogen-bond donors (Lipinski definition) is 5. The van der Waals surface area contributed by atoms with Gasteiger partial charge in [-0.25, -0.2) is 4.79 Å². The van der Waals surface area contributed by atoms with E-state index >= 15 is 0 Å². The zero-order chi connectivity index (χ0) is 17.4. The Hall–Kier alpha value is -3.68. The summed E-state index contributed by atoms with van der Waals surface area (Å²) in [6.07, 6.45) is -1.37. The zero-order valence-corrected chi connectivity index (χ0v) is 12.0. The van der Waals surface area contributed by atoms with Crippen molar-refractivity contribution in [2.45, 2.75) is 0 Å². The number of amides is 1. The van der Waals surface area contributed by atoms with Crippen LogP contribution in [0.2, 0.25) is 0 Å². The Morgan fingerprint density at radius 2 is 1.71 bits per heavy atom. The minimum absolute atomic E-state index is 0.00959. The lowest BCUT2D eigenvalue weighted by molar-refractivity contribution is 0.210. The van der Waals surface area contributed by atoms with Gasteiger partial charge in [0.25, 0.3) is 0 Å². The van der Waals surface area contributed by atoms with Gasteiger partial charge in [0.05, 0.1) is 5.69 Å². The van der Waals surface area contributed by atoms with E-state index in [4.69, 9.17) is 9.52 Å². The van der Waals surface area contributed by atoms with Crippen LogP contribution in [0.1, 0.15) is 0 Å². The number of benzene rings is 2. The Kier molecular flexibility index (Phi) is 3.49. The Morgan fingerprint density at radius 1 is 1.00 bits per heavy atom. The smallest absolute Gasteiger partial charge is 0.409 e. The predicted octanol–water partition coefficient (Wildman–Crippen LogP) is 2.67. The lowest BCUT2D eigenvalue weighted by Gasteiger charge is -2.10. The highest BCUT2D eigenvalue weighted by molar-refractivity contribution is 5.92. The summed E-state index contributed by atoms with van der Waals surface area (Å²) < 4.78 is 5.48. The number of fused-ring (bicyclic) bond motifs is 1. The van der Waals surface area contributed by atoms with Crippen molar-refractivity contribution in [3.8, 4) is 28.6 Å². The van der Waals surface area contributed by atoms with E-state index in [1.54, 1.807) is 0 Å². The second kappa shape index (κ2) is 5.51. The van der Waals surface area contributed by atoms with Crippen LogP contribution in [0.15, 0.2) is 45.6 Å². The number of carboxylic acid groups (broad SMARTS) is 1. The van der Waals surface area contributed by atoms with Gasteiger partial charge in [-0.3, -0.25) is 10.1 Å². The van der Waals surface area contributed by atoms with Gasteiger partial charge in [-0.15, -0.1) is 0 Å². The van der Waals surface area contributed by atoms with Crippen LogP contribution in [-0.2, 0) is 0 Å². The normalized spacial score (nSPS) is 10.7. The molecule has 8 nitrogen and oxygen atoms in total. The highest BCUT2D eigenvalue weighted by atomic mass is 16.4. The first-order chi connectivity index (χ1) is 11.4. The number of nitrogens with one attached hydrogen (secondary N) is 1. The van der Waals surface area contributed by atoms with Crippen LogP contribution in [0.25, 0.3) is 22.3 Å². The third kappa shape index (κ3) is 2.56. The maximum atomic E-state index is 12.2. The van der Waals surface area contributed by atoms with Crippen LogP contribution in [0, 0.1) is 0 Å². The van der Waals surface area contributed by atoms with Gasteiger partial charge >= 0.3 is 6.09 Å². The summed E-state index contributed by atoms with van der Waals surface area (Å²) in [5.74, 6) is -0.936. The fraction of sp³-hybridized carbons (Fsp3) is 0. The van der Waals surface area contributed by atoms with Crippen molar-refractivity contribution in [1.29, 1.82) is 0 Å². The molecule has 1 heterocycles. The molecule has 0 saturated carbocycles. The number of hydrogen-bond acceptors (Lipinski definition) is 6. The first-order valence-electron chi connectivity index (χ1n) is 6.69. The highest BCUT2D eigenvalue weighted by Crippen LogP contribution is 2.35. The quantitative estimate of drug-likeness (QED) is 0.455. The van der Waals surface area contributed by atoms with Crippen molar-refractivity contribution in [3.63, 3.8) is 0 Å². The summed E-state index contributed by atoms with van der Waals surface area (Å²) in [6, 6.07) is 7.17. The van der Waals surface area contributed by atoms with Gasteiger partial charge in [-0.1, -0.05) is 0 Å². The third-order valence-corrected chi connectivity index (χ3v) is 3.35. The molecule has 122 valence electrons. The van der Waals surface area contributed by atoms with E-state index < -0.39 is 11.5 Å². The van der Waals surface area contributed by atoms with E-state index in [1.807, 2.05) is 0 Å². The third-order valence-electron chi connectivity index (χ3n) is 3.35. The molecule has 3 rings (SSSR count). The molecule has 0 radical (unpaired) electrons. The average Bonchev–Trinajstić information content (AvgIpc) is 2.50. The second-order valence-corrected chi connectivity index (χ2v) is 4.94. The molecule has 0 aliphatic rings. The topological polar surface area (TPSA) is 140 Å². The molecular formula is C16H11NO7. The van der Waals surface area contributed by atoms with Gasteiger partial charge in [0, 0.05) is 17.7 Å². The molecule has 0 spiro atoms. The summed E-state index contributed by atoms with van der Waals surface area (Å²) in [7, 11) is 0. The van der Waals surface area contributed by atoms with Crippen molar-refractivity contribution < 1.29 is 29.6 Å². The van der Waals surface area contributed by atoms with E-state index in [1.165, 1.54) is 12.1 Å². The fourth-order valence-corrected chi connectivity index (χ4v) is 2.33. The average molecular weight is 329 g/mol. The molecule has 0 aliphatic heterocycles. The molecule has 1 aromatic heterocycles. The van der Waals surface area contributed by atoms with Crippen LogP contribution in [0.5, 0.6) is 17.2 Å². The minimum atomic E-state index is -1.37. The molecule has 0 saturated heterocycles. The highest BCUT2D eigenvalue weighted by Gasteiger charge is 2.17. The largest absolute Gasteiger partial charge is 0.508 e. The van der Waals surface area contributed by atoms with Gasteiger partial charge in [-0.2, -0.15) is 0 Å². The minimum Gasteiger partial charge on any atom is -0.508 e. The van der Waals surface area contributed by atoms with Crippen molar-refractivity contribution in [2.75, 3.05) is 5.32 Å². The summed E-state index contributed by atoms with van der Waals surface area (Å²) >= 11 is 0. The van der Waals surface area contributed by atoms with Crippen LogP contribution in [0.3, 0.4) is 0 Å². The van der Waals surface area contributed by atoms with Gasteiger partial charge in [-0.05, 0) is 24.3 Å². The maximum Gasteiger partial charge on any atom is 0.409 e. The standard InChI is InChI=1S/C16H11NO7/c18-7-1-2-8(9(5-7)17-16(22)23)13-6-12(21)14-10(19)3-4-11(20)15(14)24-13/h1-6,17-20H,(H,22,23). The maximum absolute atomic E-state index is 12.2. The molecule has 8 heteroatoms. The van der Waals surface area contributed by atoms with E-state index in [0.29, 0.717) is 0 Å². The Morgan fingerprint density at radius 3 is 2.42 bits per heavy atom. The molecule has 0 aliphatic carbocycles. The molecule has 0 fully saturated rings. The van der Waals surface area contributed by atoms with Gasteiger partial charge in [0.2, 0.25) is 0 Å². The Balaban J connectivity index is 2.30. The second-order valence-electron chi connectivity index (χ2n) is 4.94. The lowest BCUT2D eigenvalue weighted by atomic mass is 10.1.